The van der Waals surface area contributed by atoms with Crippen LogP contribution in [0.5, 0.6) is 0 Å². The monoisotopic (exact) mass is 263 g/mol. The van der Waals surface area contributed by atoms with Crippen LogP contribution >= 0.6 is 11.6 Å². The molecule has 0 saturated carbocycles. The molecule has 0 amide bonds. The minimum absolute atomic E-state index is 0.282. The van der Waals surface area contributed by atoms with Crippen LogP contribution < -0.4 is 5.73 Å². The number of benzene rings is 2. The van der Waals surface area contributed by atoms with Crippen LogP contribution in [0.25, 0.3) is 11.1 Å². The first-order valence-corrected chi connectivity index (χ1v) is 6.25. The first-order valence-electron chi connectivity index (χ1n) is 5.87. The maximum atomic E-state index is 13.4. The third-order valence-electron chi connectivity index (χ3n) is 3.08. The Morgan fingerprint density at radius 2 is 1.94 bits per heavy atom. The van der Waals surface area contributed by atoms with Crippen LogP contribution in [0.2, 0.25) is 5.02 Å². The standard InChI is InChI=1S/C15H15ClFN/c1-3-10-7-11(4-5-15(10)18)12-6-9(2)14(17)8-13(12)16/h4-8H,3,18H2,1-2H3. The smallest absolute Gasteiger partial charge is 0.127 e. The van der Waals surface area contributed by atoms with Crippen molar-refractivity contribution in [3.05, 3.63) is 52.3 Å². The van der Waals surface area contributed by atoms with Gasteiger partial charge in [-0.3, -0.25) is 0 Å². The first kappa shape index (κ1) is 12.9. The Morgan fingerprint density at radius 3 is 2.61 bits per heavy atom. The highest BCUT2D eigenvalue weighted by Crippen LogP contribution is 2.32. The van der Waals surface area contributed by atoms with Crippen LogP contribution in [0.3, 0.4) is 0 Å². The summed E-state index contributed by atoms with van der Waals surface area (Å²) in [7, 11) is 0. The van der Waals surface area contributed by atoms with E-state index in [-0.39, 0.29) is 5.82 Å². The zero-order valence-electron chi connectivity index (χ0n) is 10.4. The number of anilines is 1. The summed E-state index contributed by atoms with van der Waals surface area (Å²) >= 11 is 6.10. The largest absolute Gasteiger partial charge is 0.399 e. The van der Waals surface area contributed by atoms with Crippen molar-refractivity contribution in [2.45, 2.75) is 20.3 Å². The molecule has 0 radical (unpaired) electrons. The SMILES string of the molecule is CCc1cc(-c2cc(C)c(F)cc2Cl)ccc1N. The summed E-state index contributed by atoms with van der Waals surface area (Å²) < 4.78 is 13.4. The Balaban J connectivity index is 2.58. The van der Waals surface area contributed by atoms with Gasteiger partial charge in [0.1, 0.15) is 5.82 Å². The average molecular weight is 264 g/mol. The Hall–Kier alpha value is -1.54. The van der Waals surface area contributed by atoms with Gasteiger partial charge < -0.3 is 5.73 Å². The van der Waals surface area contributed by atoms with Crippen molar-refractivity contribution in [3.8, 4) is 11.1 Å². The fourth-order valence-electron chi connectivity index (χ4n) is 1.96. The molecule has 0 aliphatic heterocycles. The van der Waals surface area contributed by atoms with E-state index in [9.17, 15) is 4.39 Å². The second-order valence-electron chi connectivity index (χ2n) is 4.35. The molecular weight excluding hydrogens is 249 g/mol. The number of aryl methyl sites for hydroxylation is 2. The molecule has 0 spiro atoms. The van der Waals surface area contributed by atoms with Crippen LogP contribution in [-0.4, -0.2) is 0 Å². The molecule has 0 saturated heterocycles. The molecule has 18 heavy (non-hydrogen) atoms. The minimum Gasteiger partial charge on any atom is -0.399 e. The van der Waals surface area contributed by atoms with Gasteiger partial charge in [0.15, 0.2) is 0 Å². The van der Waals surface area contributed by atoms with Crippen molar-refractivity contribution < 1.29 is 4.39 Å². The van der Waals surface area contributed by atoms with Gasteiger partial charge in [0.2, 0.25) is 0 Å². The third-order valence-corrected chi connectivity index (χ3v) is 3.40. The van der Waals surface area contributed by atoms with E-state index >= 15 is 0 Å². The molecule has 3 heteroatoms. The summed E-state index contributed by atoms with van der Waals surface area (Å²) in [5.41, 5.74) is 10.1. The predicted octanol–water partition coefficient (Wildman–Crippen LogP) is 4.60. The summed E-state index contributed by atoms with van der Waals surface area (Å²) in [5.74, 6) is -0.282. The summed E-state index contributed by atoms with van der Waals surface area (Å²) in [6, 6.07) is 8.90. The predicted molar refractivity (Wildman–Crippen MR) is 75.4 cm³/mol. The molecule has 0 atom stereocenters. The molecule has 0 aromatic heterocycles. The normalized spacial score (nSPS) is 10.7. The lowest BCUT2D eigenvalue weighted by Crippen LogP contribution is -1.94. The maximum absolute atomic E-state index is 13.4. The number of rotatable bonds is 2. The summed E-state index contributed by atoms with van der Waals surface area (Å²) in [5, 5.41) is 0.421. The van der Waals surface area contributed by atoms with Crippen LogP contribution in [-0.2, 0) is 6.42 Å². The minimum atomic E-state index is -0.282. The Bertz CT molecular complexity index is 593. The van der Waals surface area contributed by atoms with Crippen molar-refractivity contribution in [2.24, 2.45) is 0 Å². The maximum Gasteiger partial charge on any atom is 0.127 e. The second-order valence-corrected chi connectivity index (χ2v) is 4.76. The number of hydrogen-bond donors (Lipinski definition) is 1. The van der Waals surface area contributed by atoms with Gasteiger partial charge in [0.05, 0.1) is 5.02 Å². The quantitative estimate of drug-likeness (QED) is 0.788. The van der Waals surface area contributed by atoms with E-state index in [1.807, 2.05) is 25.1 Å². The number of nitrogens with two attached hydrogens (primary N) is 1. The number of halogens is 2. The van der Waals surface area contributed by atoms with Gasteiger partial charge in [-0.1, -0.05) is 24.6 Å². The lowest BCUT2D eigenvalue weighted by atomic mass is 9.99. The van der Waals surface area contributed by atoms with E-state index in [4.69, 9.17) is 17.3 Å². The molecule has 0 heterocycles. The lowest BCUT2D eigenvalue weighted by Gasteiger charge is -2.10. The van der Waals surface area contributed by atoms with E-state index in [0.717, 1.165) is 28.8 Å². The summed E-state index contributed by atoms with van der Waals surface area (Å²) in [6.07, 6.45) is 0.859. The number of nitrogen functional groups attached to an aromatic ring is 1. The molecule has 2 N–H and O–H groups in total. The van der Waals surface area contributed by atoms with Gasteiger partial charge >= 0.3 is 0 Å². The van der Waals surface area contributed by atoms with Gasteiger partial charge in [0.25, 0.3) is 0 Å². The second kappa shape index (κ2) is 4.99. The number of hydrogen-bond acceptors (Lipinski definition) is 1. The fraction of sp³-hybridized carbons (Fsp3) is 0.200. The van der Waals surface area contributed by atoms with Crippen LogP contribution in [0.1, 0.15) is 18.1 Å². The third kappa shape index (κ3) is 2.34. The van der Waals surface area contributed by atoms with Crippen molar-refractivity contribution in [2.75, 3.05) is 5.73 Å². The van der Waals surface area contributed by atoms with E-state index in [1.165, 1.54) is 6.07 Å². The van der Waals surface area contributed by atoms with Crippen molar-refractivity contribution >= 4 is 17.3 Å². The van der Waals surface area contributed by atoms with E-state index < -0.39 is 0 Å². The zero-order chi connectivity index (χ0) is 13.3. The summed E-state index contributed by atoms with van der Waals surface area (Å²) in [6.45, 7) is 3.78. The van der Waals surface area contributed by atoms with Gasteiger partial charge in [0, 0.05) is 11.3 Å². The Labute approximate surface area is 111 Å². The van der Waals surface area contributed by atoms with Crippen LogP contribution in [0.4, 0.5) is 10.1 Å². The molecule has 0 bridgehead atoms. The molecule has 1 nitrogen and oxygen atoms in total. The van der Waals surface area contributed by atoms with Gasteiger partial charge in [-0.25, -0.2) is 4.39 Å². The average Bonchev–Trinajstić information content (AvgIpc) is 2.35. The molecule has 0 unspecified atom stereocenters. The first-order chi connectivity index (χ1) is 8.52. The molecule has 0 aliphatic rings. The van der Waals surface area contributed by atoms with Gasteiger partial charge in [-0.05, 0) is 54.3 Å². The van der Waals surface area contributed by atoms with Crippen LogP contribution in [0.15, 0.2) is 30.3 Å². The molecule has 2 aromatic carbocycles. The van der Waals surface area contributed by atoms with Crippen molar-refractivity contribution in [1.82, 2.24) is 0 Å². The van der Waals surface area contributed by atoms with E-state index in [2.05, 4.69) is 0 Å². The summed E-state index contributed by atoms with van der Waals surface area (Å²) in [4.78, 5) is 0. The van der Waals surface area contributed by atoms with Crippen molar-refractivity contribution in [1.29, 1.82) is 0 Å². The van der Waals surface area contributed by atoms with Crippen LogP contribution in [0, 0.1) is 12.7 Å². The molecular formula is C15H15ClFN. The molecule has 0 aliphatic carbocycles. The highest BCUT2D eigenvalue weighted by molar-refractivity contribution is 6.33. The highest BCUT2D eigenvalue weighted by atomic mass is 35.5. The van der Waals surface area contributed by atoms with E-state index in [0.29, 0.717) is 10.6 Å². The molecule has 94 valence electrons. The van der Waals surface area contributed by atoms with Gasteiger partial charge in [-0.15, -0.1) is 0 Å². The van der Waals surface area contributed by atoms with Gasteiger partial charge in [-0.2, -0.15) is 0 Å². The highest BCUT2D eigenvalue weighted by Gasteiger charge is 2.09. The topological polar surface area (TPSA) is 26.0 Å². The molecule has 2 rings (SSSR count). The zero-order valence-corrected chi connectivity index (χ0v) is 11.2. The molecule has 0 fully saturated rings. The van der Waals surface area contributed by atoms with E-state index in [1.54, 1.807) is 13.0 Å². The lowest BCUT2D eigenvalue weighted by molar-refractivity contribution is 0.619. The van der Waals surface area contributed by atoms with Crippen molar-refractivity contribution in [3.63, 3.8) is 0 Å². The fourth-order valence-corrected chi connectivity index (χ4v) is 2.22. The molecule has 2 aromatic rings. The Kier molecular flexibility index (Phi) is 3.58. The Morgan fingerprint density at radius 1 is 1.22 bits per heavy atom.